The molecule has 0 aliphatic heterocycles. The standard InChI is InChI=1S/C11H11F4NO2/c1-11(2,3)18-10(17)16-6-4-5(12)7(13)9(15)8(6)14/h4H,1-3H3,(H,16,17). The van der Waals surface area contributed by atoms with E-state index in [9.17, 15) is 22.4 Å². The monoisotopic (exact) mass is 265 g/mol. The van der Waals surface area contributed by atoms with E-state index in [2.05, 4.69) is 0 Å². The number of carbonyl (C=O) groups is 1. The van der Waals surface area contributed by atoms with Gasteiger partial charge in [-0.25, -0.2) is 22.4 Å². The highest BCUT2D eigenvalue weighted by molar-refractivity contribution is 5.85. The summed E-state index contributed by atoms with van der Waals surface area (Å²) in [5, 5.41) is 1.79. The Morgan fingerprint density at radius 2 is 1.67 bits per heavy atom. The Balaban J connectivity index is 2.96. The van der Waals surface area contributed by atoms with Crippen molar-refractivity contribution in [3.63, 3.8) is 0 Å². The molecule has 0 aliphatic rings. The first-order chi connectivity index (χ1) is 8.11. The second-order valence-electron chi connectivity index (χ2n) is 4.47. The average Bonchev–Trinajstić information content (AvgIpc) is 2.20. The number of amides is 1. The number of carbonyl (C=O) groups excluding carboxylic acids is 1. The van der Waals surface area contributed by atoms with Crippen LogP contribution >= 0.6 is 0 Å². The van der Waals surface area contributed by atoms with E-state index in [1.165, 1.54) is 0 Å². The zero-order valence-corrected chi connectivity index (χ0v) is 9.91. The van der Waals surface area contributed by atoms with Gasteiger partial charge < -0.3 is 4.74 Å². The van der Waals surface area contributed by atoms with Gasteiger partial charge in [-0.3, -0.25) is 5.32 Å². The molecule has 1 aromatic rings. The molecule has 1 N–H and O–H groups in total. The molecule has 3 nitrogen and oxygen atoms in total. The normalized spacial score (nSPS) is 11.3. The lowest BCUT2D eigenvalue weighted by Crippen LogP contribution is -2.27. The molecule has 1 rings (SSSR count). The van der Waals surface area contributed by atoms with E-state index in [4.69, 9.17) is 4.74 Å². The topological polar surface area (TPSA) is 38.3 Å². The highest BCUT2D eigenvalue weighted by Crippen LogP contribution is 2.23. The Morgan fingerprint density at radius 1 is 1.11 bits per heavy atom. The first-order valence-corrected chi connectivity index (χ1v) is 4.95. The highest BCUT2D eigenvalue weighted by Gasteiger charge is 2.22. The van der Waals surface area contributed by atoms with E-state index < -0.39 is 40.7 Å². The maximum Gasteiger partial charge on any atom is 0.412 e. The van der Waals surface area contributed by atoms with Crippen LogP contribution in [0.25, 0.3) is 0 Å². The van der Waals surface area contributed by atoms with E-state index in [1.54, 1.807) is 26.1 Å². The molecule has 100 valence electrons. The fourth-order valence-electron chi connectivity index (χ4n) is 1.08. The summed E-state index contributed by atoms with van der Waals surface area (Å²) in [5.41, 5.74) is -1.70. The van der Waals surface area contributed by atoms with Crippen LogP contribution in [0.3, 0.4) is 0 Å². The van der Waals surface area contributed by atoms with Crippen molar-refractivity contribution in [1.82, 2.24) is 0 Å². The van der Waals surface area contributed by atoms with Crippen LogP contribution in [-0.4, -0.2) is 11.7 Å². The molecular formula is C11H11F4NO2. The van der Waals surface area contributed by atoms with Crippen LogP contribution in [0.5, 0.6) is 0 Å². The third kappa shape index (κ3) is 3.35. The summed E-state index contributed by atoms with van der Waals surface area (Å²) in [6.45, 7) is 4.65. The highest BCUT2D eigenvalue weighted by atomic mass is 19.2. The minimum atomic E-state index is -2.00. The van der Waals surface area contributed by atoms with Crippen molar-refractivity contribution >= 4 is 11.8 Å². The fraction of sp³-hybridized carbons (Fsp3) is 0.364. The molecule has 0 saturated heterocycles. The van der Waals surface area contributed by atoms with Gasteiger partial charge in [0.15, 0.2) is 23.3 Å². The van der Waals surface area contributed by atoms with Crippen molar-refractivity contribution < 1.29 is 27.1 Å². The fourth-order valence-corrected chi connectivity index (χ4v) is 1.08. The SMILES string of the molecule is CC(C)(C)OC(=O)Nc1cc(F)c(F)c(F)c1F. The molecule has 0 bridgehead atoms. The number of halogens is 4. The van der Waals surface area contributed by atoms with E-state index in [0.717, 1.165) is 0 Å². The lowest BCUT2D eigenvalue weighted by molar-refractivity contribution is 0.0635. The second kappa shape index (κ2) is 4.83. The van der Waals surface area contributed by atoms with Crippen molar-refractivity contribution in [1.29, 1.82) is 0 Å². The molecule has 0 heterocycles. The van der Waals surface area contributed by atoms with Crippen LogP contribution < -0.4 is 5.32 Å². The smallest absolute Gasteiger partial charge is 0.412 e. The zero-order valence-electron chi connectivity index (χ0n) is 9.91. The number of nitrogens with one attached hydrogen (secondary N) is 1. The largest absolute Gasteiger partial charge is 0.444 e. The molecule has 1 aromatic carbocycles. The minimum absolute atomic E-state index is 0.331. The van der Waals surface area contributed by atoms with Gasteiger partial charge in [-0.2, -0.15) is 0 Å². The van der Waals surface area contributed by atoms with Crippen LogP contribution in [0.2, 0.25) is 0 Å². The van der Waals surface area contributed by atoms with Crippen molar-refractivity contribution in [3.8, 4) is 0 Å². The van der Waals surface area contributed by atoms with Gasteiger partial charge in [0.05, 0.1) is 5.69 Å². The number of rotatable bonds is 1. The average molecular weight is 265 g/mol. The molecule has 0 unspecified atom stereocenters. The summed E-state index contributed by atoms with van der Waals surface area (Å²) in [6.07, 6.45) is -1.10. The van der Waals surface area contributed by atoms with Crippen molar-refractivity contribution in [2.45, 2.75) is 26.4 Å². The quantitative estimate of drug-likeness (QED) is 0.478. The van der Waals surface area contributed by atoms with Gasteiger partial charge >= 0.3 is 6.09 Å². The van der Waals surface area contributed by atoms with Crippen LogP contribution in [-0.2, 0) is 4.74 Å². The number of hydrogen-bond acceptors (Lipinski definition) is 2. The van der Waals surface area contributed by atoms with Gasteiger partial charge in [0.25, 0.3) is 0 Å². The summed E-state index contributed by atoms with van der Waals surface area (Å²) >= 11 is 0. The van der Waals surface area contributed by atoms with E-state index in [0.29, 0.717) is 6.07 Å². The molecule has 0 fully saturated rings. The Labute approximate surface area is 101 Å². The first-order valence-electron chi connectivity index (χ1n) is 4.95. The number of benzene rings is 1. The molecule has 0 spiro atoms. The summed E-state index contributed by atoms with van der Waals surface area (Å²) in [5.74, 6) is -7.25. The first kappa shape index (κ1) is 14.3. The third-order valence-electron chi connectivity index (χ3n) is 1.74. The Kier molecular flexibility index (Phi) is 3.83. The van der Waals surface area contributed by atoms with E-state index in [-0.39, 0.29) is 0 Å². The lowest BCUT2D eigenvalue weighted by Gasteiger charge is -2.19. The van der Waals surface area contributed by atoms with Crippen LogP contribution in [0.1, 0.15) is 20.8 Å². The molecule has 0 aliphatic carbocycles. The summed E-state index contributed by atoms with van der Waals surface area (Å²) in [4.78, 5) is 11.2. The molecule has 0 radical (unpaired) electrons. The van der Waals surface area contributed by atoms with Crippen LogP contribution in [0.4, 0.5) is 28.0 Å². The maximum atomic E-state index is 13.2. The molecule has 0 atom stereocenters. The van der Waals surface area contributed by atoms with Crippen LogP contribution in [0.15, 0.2) is 6.07 Å². The zero-order chi connectivity index (χ0) is 14.1. The van der Waals surface area contributed by atoms with Gasteiger partial charge in [-0.15, -0.1) is 0 Å². The van der Waals surface area contributed by atoms with Gasteiger partial charge in [-0.05, 0) is 20.8 Å². The Bertz CT molecular complexity index is 483. The Morgan fingerprint density at radius 3 is 2.17 bits per heavy atom. The molecule has 7 heteroatoms. The minimum Gasteiger partial charge on any atom is -0.444 e. The number of anilines is 1. The third-order valence-corrected chi connectivity index (χ3v) is 1.74. The predicted molar refractivity (Wildman–Crippen MR) is 56.1 cm³/mol. The molecule has 0 aromatic heterocycles. The van der Waals surface area contributed by atoms with Gasteiger partial charge in [0, 0.05) is 6.07 Å². The predicted octanol–water partition coefficient (Wildman–Crippen LogP) is 3.59. The molecular weight excluding hydrogens is 254 g/mol. The van der Waals surface area contributed by atoms with Gasteiger partial charge in [-0.1, -0.05) is 0 Å². The van der Waals surface area contributed by atoms with Crippen LogP contribution in [0, 0.1) is 23.3 Å². The molecule has 1 amide bonds. The van der Waals surface area contributed by atoms with Gasteiger partial charge in [0.2, 0.25) is 0 Å². The summed E-state index contributed by atoms with van der Waals surface area (Å²) in [6, 6.07) is 0.331. The van der Waals surface area contributed by atoms with Gasteiger partial charge in [0.1, 0.15) is 5.60 Å². The summed E-state index contributed by atoms with van der Waals surface area (Å²) in [7, 11) is 0. The number of ether oxygens (including phenoxy) is 1. The van der Waals surface area contributed by atoms with Crippen molar-refractivity contribution in [2.24, 2.45) is 0 Å². The van der Waals surface area contributed by atoms with Crippen molar-refractivity contribution in [3.05, 3.63) is 29.3 Å². The second-order valence-corrected chi connectivity index (χ2v) is 4.47. The summed E-state index contributed by atoms with van der Waals surface area (Å²) < 4.78 is 56.3. The van der Waals surface area contributed by atoms with Crippen molar-refractivity contribution in [2.75, 3.05) is 5.32 Å². The maximum absolute atomic E-state index is 13.2. The van der Waals surface area contributed by atoms with E-state index in [1.807, 2.05) is 0 Å². The number of hydrogen-bond donors (Lipinski definition) is 1. The van der Waals surface area contributed by atoms with E-state index >= 15 is 0 Å². The lowest BCUT2D eigenvalue weighted by atomic mass is 10.2. The molecule has 0 saturated carbocycles. The molecule has 18 heavy (non-hydrogen) atoms. The Hall–Kier alpha value is -1.79.